The minimum atomic E-state index is -2.85. The lowest BCUT2D eigenvalue weighted by Crippen LogP contribution is -2.02. The number of pyridine rings is 1. The second-order valence-electron chi connectivity index (χ2n) is 2.32. The normalized spacial score (nSPS) is 9.93. The van der Waals surface area contributed by atoms with Gasteiger partial charge in [-0.3, -0.25) is 4.79 Å². The van der Waals surface area contributed by atoms with Crippen LogP contribution in [-0.4, -0.2) is 11.3 Å². The third kappa shape index (κ3) is 2.04. The van der Waals surface area contributed by atoms with E-state index >= 15 is 0 Å². The van der Waals surface area contributed by atoms with Crippen molar-refractivity contribution < 1.29 is 13.6 Å². The highest BCUT2D eigenvalue weighted by Gasteiger charge is 2.18. The van der Waals surface area contributed by atoms with Gasteiger partial charge in [-0.1, -0.05) is 0 Å². The predicted octanol–water partition coefficient (Wildman–Crippen LogP) is 2.31. The van der Waals surface area contributed by atoms with Crippen molar-refractivity contribution in [3.8, 4) is 6.07 Å². The van der Waals surface area contributed by atoms with Crippen LogP contribution in [0.2, 0.25) is 0 Å². The number of rotatable bonds is 2. The monoisotopic (exact) mass is 308 g/mol. The third-order valence-electron chi connectivity index (χ3n) is 1.50. The van der Waals surface area contributed by atoms with E-state index in [0.29, 0.717) is 0 Å². The molecule has 0 atom stereocenters. The van der Waals surface area contributed by atoms with E-state index in [9.17, 15) is 13.6 Å². The number of carbonyl (C=O) groups excluding carboxylic acids is 1. The van der Waals surface area contributed by atoms with Gasteiger partial charge in [-0.25, -0.2) is 13.8 Å². The predicted molar refractivity (Wildman–Crippen MR) is 52.0 cm³/mol. The van der Waals surface area contributed by atoms with Crippen molar-refractivity contribution >= 4 is 28.9 Å². The van der Waals surface area contributed by atoms with Crippen LogP contribution in [0.1, 0.15) is 28.0 Å². The molecule has 0 fully saturated rings. The van der Waals surface area contributed by atoms with Gasteiger partial charge in [0.1, 0.15) is 15.5 Å². The zero-order valence-electron chi connectivity index (χ0n) is 6.67. The molecule has 0 bridgehead atoms. The number of nitrogens with zero attached hydrogens (tertiary/aromatic N) is 2. The van der Waals surface area contributed by atoms with Gasteiger partial charge in [0.05, 0.1) is 11.1 Å². The third-order valence-corrected chi connectivity index (χ3v) is 2.05. The van der Waals surface area contributed by atoms with Gasteiger partial charge in [-0.05, 0) is 28.7 Å². The van der Waals surface area contributed by atoms with Crippen LogP contribution in [0.15, 0.2) is 6.07 Å². The Morgan fingerprint density at radius 1 is 1.64 bits per heavy atom. The van der Waals surface area contributed by atoms with Gasteiger partial charge in [0.25, 0.3) is 6.43 Å². The van der Waals surface area contributed by atoms with E-state index in [2.05, 4.69) is 4.98 Å². The molecule has 1 aromatic rings. The van der Waals surface area contributed by atoms with Crippen LogP contribution in [-0.2, 0) is 0 Å². The summed E-state index contributed by atoms with van der Waals surface area (Å²) in [7, 11) is 0. The molecule has 1 heterocycles. The Morgan fingerprint density at radius 2 is 2.29 bits per heavy atom. The second kappa shape index (κ2) is 4.41. The zero-order valence-corrected chi connectivity index (χ0v) is 8.83. The van der Waals surface area contributed by atoms with Crippen molar-refractivity contribution in [3.05, 3.63) is 26.6 Å². The molecule has 0 saturated heterocycles. The number of nitriles is 1. The lowest BCUT2D eigenvalue weighted by atomic mass is 10.1. The SMILES string of the molecule is N#Cc1cc(I)nc(C(F)F)c1C=O. The summed E-state index contributed by atoms with van der Waals surface area (Å²) >= 11 is 1.71. The summed E-state index contributed by atoms with van der Waals surface area (Å²) < 4.78 is 25.0. The fourth-order valence-electron chi connectivity index (χ4n) is 0.925. The summed E-state index contributed by atoms with van der Waals surface area (Å²) in [6.45, 7) is 0. The average Bonchev–Trinajstić information content (AvgIpc) is 2.16. The van der Waals surface area contributed by atoms with Crippen molar-refractivity contribution in [2.75, 3.05) is 0 Å². The van der Waals surface area contributed by atoms with Crippen LogP contribution < -0.4 is 0 Å². The lowest BCUT2D eigenvalue weighted by molar-refractivity contribution is 0.110. The molecule has 0 aromatic carbocycles. The number of halogens is 3. The van der Waals surface area contributed by atoms with Crippen LogP contribution in [0.5, 0.6) is 0 Å². The Kier molecular flexibility index (Phi) is 3.46. The van der Waals surface area contributed by atoms with Crippen molar-refractivity contribution in [3.63, 3.8) is 0 Å². The molecule has 0 aliphatic carbocycles. The number of hydrogen-bond donors (Lipinski definition) is 0. The van der Waals surface area contributed by atoms with Crippen LogP contribution in [0.25, 0.3) is 0 Å². The molecule has 0 spiro atoms. The molecular weight excluding hydrogens is 305 g/mol. The maximum absolute atomic E-state index is 12.4. The standard InChI is InChI=1S/C8H3F2IN2O/c9-8(10)7-5(3-14)4(2-12)1-6(11)13-7/h1,3,8H. The fourth-order valence-corrected chi connectivity index (χ4v) is 1.50. The summed E-state index contributed by atoms with van der Waals surface area (Å²) in [4.78, 5) is 14.0. The Hall–Kier alpha value is -1.10. The first kappa shape index (κ1) is 11.0. The zero-order chi connectivity index (χ0) is 10.7. The van der Waals surface area contributed by atoms with Crippen molar-refractivity contribution in [1.29, 1.82) is 5.26 Å². The molecule has 14 heavy (non-hydrogen) atoms. The first-order chi connectivity index (χ1) is 6.60. The molecule has 0 N–H and O–H groups in total. The van der Waals surface area contributed by atoms with Gasteiger partial charge >= 0.3 is 0 Å². The Morgan fingerprint density at radius 3 is 2.71 bits per heavy atom. The van der Waals surface area contributed by atoms with E-state index in [1.165, 1.54) is 6.07 Å². The number of aromatic nitrogens is 1. The van der Waals surface area contributed by atoms with Crippen molar-refractivity contribution in [2.24, 2.45) is 0 Å². The quantitative estimate of drug-likeness (QED) is 0.478. The summed E-state index contributed by atoms with van der Waals surface area (Å²) in [5.74, 6) is 0. The molecular formula is C8H3F2IN2O. The first-order valence-corrected chi connectivity index (χ1v) is 4.52. The number of aldehydes is 1. The highest BCUT2D eigenvalue weighted by molar-refractivity contribution is 14.1. The molecule has 0 aliphatic heterocycles. The van der Waals surface area contributed by atoms with Gasteiger partial charge in [-0.2, -0.15) is 5.26 Å². The van der Waals surface area contributed by atoms with E-state index in [1.807, 2.05) is 0 Å². The van der Waals surface area contributed by atoms with E-state index in [1.54, 1.807) is 28.7 Å². The van der Waals surface area contributed by atoms with E-state index in [4.69, 9.17) is 5.26 Å². The molecule has 1 aromatic heterocycles. The van der Waals surface area contributed by atoms with Gasteiger partial charge in [0, 0.05) is 0 Å². The molecule has 0 unspecified atom stereocenters. The van der Waals surface area contributed by atoms with Gasteiger partial charge in [0.2, 0.25) is 0 Å². The first-order valence-electron chi connectivity index (χ1n) is 3.44. The van der Waals surface area contributed by atoms with Crippen LogP contribution in [0, 0.1) is 15.0 Å². The minimum Gasteiger partial charge on any atom is -0.298 e. The largest absolute Gasteiger partial charge is 0.298 e. The Bertz CT molecular complexity index is 415. The molecule has 6 heteroatoms. The van der Waals surface area contributed by atoms with Gasteiger partial charge < -0.3 is 0 Å². The van der Waals surface area contributed by atoms with Gasteiger partial charge in [0.15, 0.2) is 6.29 Å². The van der Waals surface area contributed by atoms with Crippen molar-refractivity contribution in [1.82, 2.24) is 4.98 Å². The second-order valence-corrected chi connectivity index (χ2v) is 3.43. The van der Waals surface area contributed by atoms with Crippen LogP contribution >= 0.6 is 22.6 Å². The minimum absolute atomic E-state index is 0.0744. The Balaban J connectivity index is 3.49. The summed E-state index contributed by atoms with van der Waals surface area (Å²) in [6.07, 6.45) is -2.62. The molecule has 0 amide bonds. The molecule has 3 nitrogen and oxygen atoms in total. The molecule has 0 saturated carbocycles. The summed E-state index contributed by atoms with van der Waals surface area (Å²) in [6, 6.07) is 2.96. The maximum Gasteiger partial charge on any atom is 0.281 e. The van der Waals surface area contributed by atoms with E-state index in [0.717, 1.165) is 0 Å². The van der Waals surface area contributed by atoms with E-state index in [-0.39, 0.29) is 21.1 Å². The topological polar surface area (TPSA) is 53.8 Å². The molecule has 1 rings (SSSR count). The smallest absolute Gasteiger partial charge is 0.281 e. The number of hydrogen-bond acceptors (Lipinski definition) is 3. The number of carbonyl (C=O) groups is 1. The Labute approximate surface area is 91.9 Å². The highest BCUT2D eigenvalue weighted by atomic mass is 127. The van der Waals surface area contributed by atoms with Gasteiger partial charge in [-0.15, -0.1) is 0 Å². The highest BCUT2D eigenvalue weighted by Crippen LogP contribution is 2.23. The fraction of sp³-hybridized carbons (Fsp3) is 0.125. The molecule has 0 radical (unpaired) electrons. The van der Waals surface area contributed by atoms with Crippen LogP contribution in [0.4, 0.5) is 8.78 Å². The van der Waals surface area contributed by atoms with Crippen molar-refractivity contribution in [2.45, 2.75) is 6.43 Å². The maximum atomic E-state index is 12.4. The lowest BCUT2D eigenvalue weighted by Gasteiger charge is -2.04. The molecule has 0 aliphatic rings. The summed E-state index contributed by atoms with van der Waals surface area (Å²) in [5, 5.41) is 8.60. The molecule has 72 valence electrons. The van der Waals surface area contributed by atoms with E-state index < -0.39 is 12.1 Å². The average molecular weight is 308 g/mol. The summed E-state index contributed by atoms with van der Waals surface area (Å²) in [5.41, 5.74) is -1.04. The van der Waals surface area contributed by atoms with Crippen LogP contribution in [0.3, 0.4) is 0 Å². The number of alkyl halides is 2.